The Hall–Kier alpha value is -3.77. The normalized spacial score (nSPS) is 24.4. The lowest BCUT2D eigenvalue weighted by molar-refractivity contribution is -0.118. The van der Waals surface area contributed by atoms with E-state index in [2.05, 4.69) is 21.5 Å². The van der Waals surface area contributed by atoms with Crippen molar-refractivity contribution in [3.05, 3.63) is 75.4 Å². The highest BCUT2D eigenvalue weighted by molar-refractivity contribution is 6.30. The summed E-state index contributed by atoms with van der Waals surface area (Å²) in [6, 6.07) is 6.93. The molecule has 38 heavy (non-hydrogen) atoms. The van der Waals surface area contributed by atoms with E-state index in [9.17, 15) is 14.9 Å². The van der Waals surface area contributed by atoms with Crippen LogP contribution in [0.3, 0.4) is 0 Å². The third-order valence-corrected chi connectivity index (χ3v) is 8.42. The minimum Gasteiger partial charge on any atom is -0.349 e. The second-order valence-electron chi connectivity index (χ2n) is 10.6. The first-order chi connectivity index (χ1) is 18.2. The third-order valence-electron chi connectivity index (χ3n) is 8.18. The maximum Gasteiger partial charge on any atom is 0.254 e. The summed E-state index contributed by atoms with van der Waals surface area (Å²) in [5.74, 6) is 0.352. The first-order valence-electron chi connectivity index (χ1n) is 12.8. The zero-order chi connectivity index (χ0) is 26.7. The van der Waals surface area contributed by atoms with Gasteiger partial charge in [-0.25, -0.2) is 9.37 Å². The van der Waals surface area contributed by atoms with Crippen LogP contribution in [-0.2, 0) is 4.79 Å². The molecule has 8 nitrogen and oxygen atoms in total. The highest BCUT2D eigenvalue weighted by Gasteiger charge is 2.53. The second kappa shape index (κ2) is 9.21. The summed E-state index contributed by atoms with van der Waals surface area (Å²) in [5.41, 5.74) is 2.58. The van der Waals surface area contributed by atoms with Gasteiger partial charge in [0.15, 0.2) is 0 Å². The van der Waals surface area contributed by atoms with Crippen molar-refractivity contribution in [2.24, 2.45) is 11.8 Å². The van der Waals surface area contributed by atoms with Crippen molar-refractivity contribution in [3.8, 4) is 6.07 Å². The minimum atomic E-state index is -0.500. The molecule has 1 N–H and O–H groups in total. The molecule has 2 aliphatic carbocycles. The number of rotatable bonds is 6. The van der Waals surface area contributed by atoms with Gasteiger partial charge in [-0.3, -0.25) is 19.2 Å². The van der Waals surface area contributed by atoms with E-state index in [4.69, 9.17) is 11.6 Å². The molecule has 0 spiro atoms. The van der Waals surface area contributed by atoms with Crippen LogP contribution in [-0.4, -0.2) is 39.2 Å². The molecule has 10 heteroatoms. The summed E-state index contributed by atoms with van der Waals surface area (Å²) in [4.78, 5) is 31.3. The number of anilines is 1. The third kappa shape index (κ3) is 4.13. The number of nitriles is 1. The predicted molar refractivity (Wildman–Crippen MR) is 138 cm³/mol. The van der Waals surface area contributed by atoms with Gasteiger partial charge in [-0.1, -0.05) is 11.6 Å². The molecule has 194 valence electrons. The van der Waals surface area contributed by atoms with Gasteiger partial charge in [0.05, 0.1) is 29.4 Å². The SMILES string of the molecule is Cc1c(N2C[C@H]3C[C@H]3C2=O)ncc([C@H](C)n2cc(C(=O)N[C@H]3C[C@@H](c4cc(Cl)ccc4C#N)C3)cn2)c1F. The summed E-state index contributed by atoms with van der Waals surface area (Å²) in [6.45, 7) is 4.03. The van der Waals surface area contributed by atoms with E-state index in [1.807, 2.05) is 6.07 Å². The van der Waals surface area contributed by atoms with Gasteiger partial charge >= 0.3 is 0 Å². The molecule has 3 aliphatic rings. The van der Waals surface area contributed by atoms with Crippen LogP contribution in [0.2, 0.25) is 5.02 Å². The molecular formula is C28H26ClFN6O2. The Morgan fingerprint density at radius 2 is 2.08 bits per heavy atom. The topological polar surface area (TPSA) is 104 Å². The Kier molecular flexibility index (Phi) is 5.95. The van der Waals surface area contributed by atoms with Crippen molar-refractivity contribution in [1.82, 2.24) is 20.1 Å². The number of halogens is 2. The largest absolute Gasteiger partial charge is 0.349 e. The van der Waals surface area contributed by atoms with Crippen LogP contribution in [0.1, 0.15) is 70.8 Å². The number of hydrogen-bond donors (Lipinski definition) is 1. The van der Waals surface area contributed by atoms with E-state index in [-0.39, 0.29) is 29.7 Å². The van der Waals surface area contributed by atoms with Crippen molar-refractivity contribution in [3.63, 3.8) is 0 Å². The molecule has 1 aliphatic heterocycles. The molecule has 0 unspecified atom stereocenters. The number of amides is 2. The number of benzene rings is 1. The van der Waals surface area contributed by atoms with E-state index in [0.29, 0.717) is 45.6 Å². The quantitative estimate of drug-likeness (QED) is 0.502. The number of hydrogen-bond acceptors (Lipinski definition) is 5. The number of fused-ring (bicyclic) bond motifs is 1. The maximum atomic E-state index is 15.4. The lowest BCUT2D eigenvalue weighted by Crippen LogP contribution is -2.43. The monoisotopic (exact) mass is 532 g/mol. The smallest absolute Gasteiger partial charge is 0.254 e. The van der Waals surface area contributed by atoms with Gasteiger partial charge in [-0.15, -0.1) is 0 Å². The Labute approximate surface area is 224 Å². The summed E-state index contributed by atoms with van der Waals surface area (Å²) in [6.07, 6.45) is 6.88. The minimum absolute atomic E-state index is 0.0185. The molecule has 3 fully saturated rings. The number of aromatic nitrogens is 3. The molecular weight excluding hydrogens is 507 g/mol. The van der Waals surface area contributed by atoms with Gasteiger partial charge in [0.2, 0.25) is 5.91 Å². The van der Waals surface area contributed by atoms with Crippen LogP contribution in [0.25, 0.3) is 0 Å². The Morgan fingerprint density at radius 1 is 1.29 bits per heavy atom. The molecule has 2 saturated carbocycles. The fraction of sp³-hybridized carbons (Fsp3) is 0.393. The molecule has 1 aromatic carbocycles. The Bertz CT molecular complexity index is 1510. The van der Waals surface area contributed by atoms with Gasteiger partial charge < -0.3 is 5.32 Å². The number of pyridine rings is 1. The molecule has 3 aromatic rings. The maximum absolute atomic E-state index is 15.4. The van der Waals surface area contributed by atoms with Gasteiger partial charge in [0.1, 0.15) is 11.6 Å². The van der Waals surface area contributed by atoms with Gasteiger partial charge in [0.25, 0.3) is 5.91 Å². The first-order valence-corrected chi connectivity index (χ1v) is 13.1. The lowest BCUT2D eigenvalue weighted by Gasteiger charge is -2.36. The van der Waals surface area contributed by atoms with E-state index in [1.54, 1.807) is 41.8 Å². The number of carbonyl (C=O) groups is 2. The second-order valence-corrected chi connectivity index (χ2v) is 11.0. The van der Waals surface area contributed by atoms with Crippen molar-refractivity contribution in [2.75, 3.05) is 11.4 Å². The summed E-state index contributed by atoms with van der Waals surface area (Å²) < 4.78 is 16.9. The zero-order valence-electron chi connectivity index (χ0n) is 21.0. The summed E-state index contributed by atoms with van der Waals surface area (Å²) in [5, 5.41) is 17.3. The fourth-order valence-electron chi connectivity index (χ4n) is 5.67. The predicted octanol–water partition coefficient (Wildman–Crippen LogP) is 4.52. The molecule has 2 aromatic heterocycles. The number of nitrogens with one attached hydrogen (secondary N) is 1. The van der Waals surface area contributed by atoms with E-state index < -0.39 is 11.9 Å². The lowest BCUT2D eigenvalue weighted by atomic mass is 9.74. The molecule has 0 bridgehead atoms. The molecule has 1 saturated heterocycles. The molecule has 3 heterocycles. The van der Waals surface area contributed by atoms with E-state index in [1.165, 1.54) is 12.4 Å². The number of piperidine rings is 1. The van der Waals surface area contributed by atoms with Crippen LogP contribution < -0.4 is 10.2 Å². The number of carbonyl (C=O) groups excluding carboxylic acids is 2. The molecule has 0 radical (unpaired) electrons. The Balaban J connectivity index is 1.11. The zero-order valence-corrected chi connectivity index (χ0v) is 21.7. The molecule has 6 rings (SSSR count). The van der Waals surface area contributed by atoms with Crippen molar-refractivity contribution in [1.29, 1.82) is 5.26 Å². The standard InChI is InChI=1S/C28H26ClFN6O2/c1-14-25(30)24(11-32-26(14)35-12-18-7-23(18)28(35)38)15(2)36-13-19(10-33-36)27(37)34-21-5-17(6-21)22-8-20(29)4-3-16(22)9-31/h3-4,8,10-11,13,15,17-18,21,23H,5-7,12H2,1-2H3,(H,34,37)/t15-,17-,18+,21+,23+/m0/s1. The highest BCUT2D eigenvalue weighted by atomic mass is 35.5. The van der Waals surface area contributed by atoms with Crippen LogP contribution in [0, 0.1) is 35.9 Å². The van der Waals surface area contributed by atoms with Gasteiger partial charge in [-0.2, -0.15) is 10.4 Å². The van der Waals surface area contributed by atoms with Crippen LogP contribution in [0.15, 0.2) is 36.8 Å². The number of nitrogens with zero attached hydrogens (tertiary/aromatic N) is 5. The average Bonchev–Trinajstić information content (AvgIpc) is 3.33. The average molecular weight is 533 g/mol. The van der Waals surface area contributed by atoms with Crippen molar-refractivity contribution < 1.29 is 14.0 Å². The van der Waals surface area contributed by atoms with E-state index in [0.717, 1.165) is 24.8 Å². The van der Waals surface area contributed by atoms with Crippen LogP contribution in [0.4, 0.5) is 10.2 Å². The molecule has 2 amide bonds. The van der Waals surface area contributed by atoms with Crippen molar-refractivity contribution >= 4 is 29.2 Å². The highest BCUT2D eigenvalue weighted by Crippen LogP contribution is 2.47. The van der Waals surface area contributed by atoms with Gasteiger partial charge in [-0.05, 0) is 68.7 Å². The van der Waals surface area contributed by atoms with E-state index >= 15 is 4.39 Å². The van der Waals surface area contributed by atoms with Crippen LogP contribution >= 0.6 is 11.6 Å². The summed E-state index contributed by atoms with van der Waals surface area (Å²) in [7, 11) is 0. The first kappa shape index (κ1) is 24.6. The summed E-state index contributed by atoms with van der Waals surface area (Å²) >= 11 is 6.11. The van der Waals surface area contributed by atoms with Crippen LogP contribution in [0.5, 0.6) is 0 Å². The Morgan fingerprint density at radius 3 is 2.79 bits per heavy atom. The van der Waals surface area contributed by atoms with Crippen molar-refractivity contribution in [2.45, 2.75) is 51.1 Å². The van der Waals surface area contributed by atoms with Gasteiger partial charge in [0, 0.05) is 47.0 Å². The molecule has 3 atom stereocenters. The fourth-order valence-corrected chi connectivity index (χ4v) is 5.85.